The quantitative estimate of drug-likeness (QED) is 0.804. The summed E-state index contributed by atoms with van der Waals surface area (Å²) >= 11 is 0. The van der Waals surface area contributed by atoms with E-state index in [2.05, 4.69) is 21.9 Å². The zero-order valence-electron chi connectivity index (χ0n) is 12.7. The monoisotopic (exact) mass is 304 g/mol. The van der Waals surface area contributed by atoms with Gasteiger partial charge in [-0.05, 0) is 29.8 Å². The van der Waals surface area contributed by atoms with E-state index in [4.69, 9.17) is 0 Å². The molecule has 1 N–H and O–H groups in total. The van der Waals surface area contributed by atoms with Gasteiger partial charge in [-0.25, -0.2) is 4.98 Å². The third kappa shape index (κ3) is 3.18. The number of rotatable bonds is 4. The Balaban J connectivity index is 2.03. The molecular weight excluding hydrogens is 288 g/mol. The lowest BCUT2D eigenvalue weighted by atomic mass is 10.2. The molecule has 0 radical (unpaired) electrons. The highest BCUT2D eigenvalue weighted by Crippen LogP contribution is 2.19. The highest BCUT2D eigenvalue weighted by molar-refractivity contribution is 5.63. The van der Waals surface area contributed by atoms with E-state index in [1.165, 1.54) is 10.6 Å². The van der Waals surface area contributed by atoms with Crippen molar-refractivity contribution in [2.75, 3.05) is 5.32 Å². The highest BCUT2D eigenvalue weighted by Gasteiger charge is 2.08. The number of benzene rings is 1. The largest absolute Gasteiger partial charge is 0.326 e. The zero-order chi connectivity index (χ0) is 16.2. The fraction of sp³-hybridized carbons (Fsp3) is 0.0556. The van der Waals surface area contributed by atoms with Gasteiger partial charge in [0.05, 0.1) is 5.69 Å². The van der Waals surface area contributed by atoms with Crippen LogP contribution >= 0.6 is 0 Å². The summed E-state index contributed by atoms with van der Waals surface area (Å²) < 4.78 is 1.48. The molecule has 1 aromatic carbocycles. The molecule has 2 aromatic heterocycles. The number of nitrogens with one attached hydrogen (secondary N) is 1. The van der Waals surface area contributed by atoms with Crippen LogP contribution in [0.25, 0.3) is 17.3 Å². The van der Waals surface area contributed by atoms with Gasteiger partial charge in [-0.1, -0.05) is 24.8 Å². The average Bonchev–Trinajstić information content (AvgIpc) is 2.59. The molecule has 5 nitrogen and oxygen atoms in total. The second-order valence-corrected chi connectivity index (χ2v) is 5.05. The number of pyridine rings is 1. The third-order valence-electron chi connectivity index (χ3n) is 3.49. The van der Waals surface area contributed by atoms with Crippen LogP contribution < -0.4 is 10.9 Å². The molecule has 0 aliphatic carbocycles. The first-order chi connectivity index (χ1) is 11.2. The maximum atomic E-state index is 12.2. The van der Waals surface area contributed by atoms with Gasteiger partial charge < -0.3 is 5.32 Å². The van der Waals surface area contributed by atoms with Gasteiger partial charge in [-0.15, -0.1) is 0 Å². The summed E-state index contributed by atoms with van der Waals surface area (Å²) in [6, 6.07) is 12.9. The van der Waals surface area contributed by atoms with Crippen LogP contribution in [0.2, 0.25) is 0 Å². The van der Waals surface area contributed by atoms with E-state index in [0.29, 0.717) is 11.6 Å². The Morgan fingerprint density at radius 1 is 1.17 bits per heavy atom. The van der Waals surface area contributed by atoms with E-state index in [-0.39, 0.29) is 5.56 Å². The van der Waals surface area contributed by atoms with Crippen molar-refractivity contribution in [2.45, 2.75) is 0 Å². The van der Waals surface area contributed by atoms with Crippen LogP contribution in [0.4, 0.5) is 11.6 Å². The smallest absolute Gasteiger partial charge is 0.255 e. The van der Waals surface area contributed by atoms with Gasteiger partial charge in [-0.2, -0.15) is 0 Å². The zero-order valence-corrected chi connectivity index (χ0v) is 12.7. The fourth-order valence-electron chi connectivity index (χ4n) is 2.19. The molecule has 0 saturated heterocycles. The molecule has 2 heterocycles. The minimum atomic E-state index is -0.130. The van der Waals surface area contributed by atoms with Crippen LogP contribution in [0.5, 0.6) is 0 Å². The molecule has 114 valence electrons. The van der Waals surface area contributed by atoms with Crippen molar-refractivity contribution in [1.82, 2.24) is 14.5 Å². The average molecular weight is 304 g/mol. The molecule has 23 heavy (non-hydrogen) atoms. The molecule has 0 fully saturated rings. The Morgan fingerprint density at radius 3 is 2.70 bits per heavy atom. The molecule has 0 saturated carbocycles. The van der Waals surface area contributed by atoms with E-state index in [1.54, 1.807) is 25.5 Å². The van der Waals surface area contributed by atoms with Crippen molar-refractivity contribution in [2.24, 2.45) is 7.05 Å². The molecule has 0 amide bonds. The Kier molecular flexibility index (Phi) is 4.01. The predicted molar refractivity (Wildman–Crippen MR) is 92.5 cm³/mol. The lowest BCUT2D eigenvalue weighted by molar-refractivity contribution is 0.840. The Labute approximate surface area is 134 Å². The molecule has 0 bridgehead atoms. The summed E-state index contributed by atoms with van der Waals surface area (Å²) in [5.74, 6) is 0.477. The first-order valence-corrected chi connectivity index (χ1v) is 7.15. The van der Waals surface area contributed by atoms with Gasteiger partial charge in [0.25, 0.3) is 5.56 Å². The van der Waals surface area contributed by atoms with Gasteiger partial charge in [0.2, 0.25) is 5.95 Å². The highest BCUT2D eigenvalue weighted by atomic mass is 16.1. The van der Waals surface area contributed by atoms with Crippen molar-refractivity contribution >= 4 is 17.7 Å². The summed E-state index contributed by atoms with van der Waals surface area (Å²) in [5, 5.41) is 3.19. The minimum absolute atomic E-state index is 0.130. The Morgan fingerprint density at radius 2 is 1.96 bits per heavy atom. The first-order valence-electron chi connectivity index (χ1n) is 7.15. The SMILES string of the molecule is C=Cc1cccc(Nc2nc(-c3ccncc3)cc(=O)n2C)c1. The summed E-state index contributed by atoms with van der Waals surface area (Å²) in [6.45, 7) is 3.76. The van der Waals surface area contributed by atoms with E-state index in [9.17, 15) is 4.79 Å². The number of aromatic nitrogens is 3. The molecule has 3 rings (SSSR count). The van der Waals surface area contributed by atoms with E-state index in [1.807, 2.05) is 36.4 Å². The van der Waals surface area contributed by atoms with Gasteiger partial charge >= 0.3 is 0 Å². The van der Waals surface area contributed by atoms with Crippen molar-refractivity contribution in [3.05, 3.63) is 77.4 Å². The second-order valence-electron chi connectivity index (χ2n) is 5.05. The second kappa shape index (κ2) is 6.27. The Bertz CT molecular complexity index is 900. The van der Waals surface area contributed by atoms with Gasteiger partial charge in [-0.3, -0.25) is 14.3 Å². The molecule has 5 heteroatoms. The fourth-order valence-corrected chi connectivity index (χ4v) is 2.19. The predicted octanol–water partition coefficient (Wildman–Crippen LogP) is 3.23. The molecule has 0 spiro atoms. The summed E-state index contributed by atoms with van der Waals surface area (Å²) in [5.41, 5.74) is 3.16. The van der Waals surface area contributed by atoms with Crippen LogP contribution in [-0.4, -0.2) is 14.5 Å². The summed E-state index contributed by atoms with van der Waals surface area (Å²) in [7, 11) is 1.69. The van der Waals surface area contributed by atoms with E-state index >= 15 is 0 Å². The van der Waals surface area contributed by atoms with Crippen molar-refractivity contribution in [3.8, 4) is 11.3 Å². The molecule has 3 aromatic rings. The Hall–Kier alpha value is -3.21. The minimum Gasteiger partial charge on any atom is -0.326 e. The number of hydrogen-bond donors (Lipinski definition) is 1. The number of nitrogens with zero attached hydrogens (tertiary/aromatic N) is 3. The molecule has 0 aliphatic heterocycles. The third-order valence-corrected chi connectivity index (χ3v) is 3.49. The molecule has 0 atom stereocenters. The summed E-state index contributed by atoms with van der Waals surface area (Å²) in [4.78, 5) is 20.7. The lowest BCUT2D eigenvalue weighted by Crippen LogP contribution is -2.20. The maximum absolute atomic E-state index is 12.2. The van der Waals surface area contributed by atoms with Gasteiger partial charge in [0.1, 0.15) is 0 Å². The molecular formula is C18H16N4O. The topological polar surface area (TPSA) is 59.8 Å². The summed E-state index contributed by atoms with van der Waals surface area (Å²) in [6.07, 6.45) is 5.12. The normalized spacial score (nSPS) is 10.3. The van der Waals surface area contributed by atoms with Crippen LogP contribution in [0.3, 0.4) is 0 Å². The standard InChI is InChI=1S/C18H16N4O/c1-3-13-5-4-6-15(11-13)20-18-21-16(12-17(23)22(18)2)14-7-9-19-10-8-14/h3-12H,1H2,2H3,(H,20,21). The van der Waals surface area contributed by atoms with E-state index in [0.717, 1.165) is 16.8 Å². The lowest BCUT2D eigenvalue weighted by Gasteiger charge is -2.12. The van der Waals surface area contributed by atoms with Crippen molar-refractivity contribution in [1.29, 1.82) is 0 Å². The number of hydrogen-bond acceptors (Lipinski definition) is 4. The van der Waals surface area contributed by atoms with Crippen LogP contribution in [0.1, 0.15) is 5.56 Å². The molecule has 0 aliphatic rings. The van der Waals surface area contributed by atoms with Crippen molar-refractivity contribution in [3.63, 3.8) is 0 Å². The van der Waals surface area contributed by atoms with Crippen molar-refractivity contribution < 1.29 is 0 Å². The van der Waals surface area contributed by atoms with Crippen LogP contribution in [-0.2, 0) is 7.05 Å². The first kappa shape index (κ1) is 14.7. The van der Waals surface area contributed by atoms with Crippen LogP contribution in [0, 0.1) is 0 Å². The van der Waals surface area contributed by atoms with Gasteiger partial charge in [0, 0.05) is 36.8 Å². The number of anilines is 2. The van der Waals surface area contributed by atoms with Crippen LogP contribution in [0.15, 0.2) is 66.2 Å². The van der Waals surface area contributed by atoms with E-state index < -0.39 is 0 Å². The maximum Gasteiger partial charge on any atom is 0.255 e. The molecule has 0 unspecified atom stereocenters. The van der Waals surface area contributed by atoms with Gasteiger partial charge in [0.15, 0.2) is 0 Å².